The molecule has 1 aromatic carbocycles. The van der Waals surface area contributed by atoms with E-state index in [1.54, 1.807) is 16.8 Å². The van der Waals surface area contributed by atoms with Crippen LogP contribution < -0.4 is 4.90 Å². The Morgan fingerprint density at radius 1 is 1.29 bits per heavy atom. The molecule has 0 saturated carbocycles. The monoisotopic (exact) mass is 348 g/mol. The molecule has 1 aromatic rings. The van der Waals surface area contributed by atoms with Crippen LogP contribution in [-0.2, 0) is 4.79 Å². The zero-order valence-electron chi connectivity index (χ0n) is 12.1. The number of benzene rings is 1. The molecule has 1 amide bonds. The number of hydrazone groups is 1. The van der Waals surface area contributed by atoms with Gasteiger partial charge in [-0.15, -0.1) is 0 Å². The van der Waals surface area contributed by atoms with E-state index in [9.17, 15) is 4.79 Å². The lowest BCUT2D eigenvalue weighted by atomic mass is 9.78. The molecule has 0 radical (unpaired) electrons. The molecule has 3 fully saturated rings. The van der Waals surface area contributed by atoms with Crippen LogP contribution in [0.3, 0.4) is 0 Å². The average molecular weight is 349 g/mol. The number of nitrogens with zero attached hydrogens (tertiary/aromatic N) is 2. The second-order valence-corrected chi connectivity index (χ2v) is 7.21. The van der Waals surface area contributed by atoms with Crippen molar-refractivity contribution in [2.24, 2.45) is 11.0 Å². The standard InChI is InChI=1S/C16H18BrN3O/c1-10(21)20-15(12-2-4-13(17)5-3-12)16-14(18-20)11-6-8-19(16)9-7-11/h2-5,11,15-16H,6-9H2,1H3/p+1/t15-,16-/m0/s1. The first-order valence-corrected chi connectivity index (χ1v) is 8.42. The number of carbonyl (C=O) groups is 1. The van der Waals surface area contributed by atoms with Gasteiger partial charge in [-0.25, -0.2) is 5.01 Å². The highest BCUT2D eigenvalue weighted by Crippen LogP contribution is 2.36. The molecule has 0 unspecified atom stereocenters. The molecule has 3 saturated heterocycles. The van der Waals surface area contributed by atoms with Crippen molar-refractivity contribution < 1.29 is 9.69 Å². The molecule has 5 rings (SSSR count). The fraction of sp³-hybridized carbons (Fsp3) is 0.500. The lowest BCUT2D eigenvalue weighted by Crippen LogP contribution is -3.20. The summed E-state index contributed by atoms with van der Waals surface area (Å²) in [4.78, 5) is 13.7. The van der Waals surface area contributed by atoms with E-state index in [-0.39, 0.29) is 11.9 Å². The minimum atomic E-state index is 0.0461. The van der Waals surface area contributed by atoms with Crippen molar-refractivity contribution >= 4 is 27.5 Å². The van der Waals surface area contributed by atoms with Gasteiger partial charge in [0.25, 0.3) is 0 Å². The van der Waals surface area contributed by atoms with E-state index in [0.29, 0.717) is 12.0 Å². The van der Waals surface area contributed by atoms with E-state index in [2.05, 4.69) is 40.2 Å². The van der Waals surface area contributed by atoms with Crippen LogP contribution in [0.15, 0.2) is 33.8 Å². The third kappa shape index (κ3) is 2.06. The van der Waals surface area contributed by atoms with Crippen LogP contribution in [0.25, 0.3) is 0 Å². The summed E-state index contributed by atoms with van der Waals surface area (Å²) in [6.07, 6.45) is 2.45. The second kappa shape index (κ2) is 4.92. The van der Waals surface area contributed by atoms with Gasteiger partial charge in [-0.05, 0) is 17.7 Å². The summed E-state index contributed by atoms with van der Waals surface area (Å²) < 4.78 is 1.07. The Kier molecular flexibility index (Phi) is 3.15. The Bertz CT molecular complexity index is 604. The predicted octanol–water partition coefficient (Wildman–Crippen LogP) is 1.39. The molecule has 4 nitrogen and oxygen atoms in total. The van der Waals surface area contributed by atoms with Crippen LogP contribution in [0.2, 0.25) is 0 Å². The Labute approximate surface area is 132 Å². The molecule has 4 aliphatic rings. The van der Waals surface area contributed by atoms with E-state index in [0.717, 1.165) is 4.47 Å². The molecule has 0 aromatic heterocycles. The predicted molar refractivity (Wildman–Crippen MR) is 84.0 cm³/mol. The number of fused-ring (bicyclic) bond motifs is 2. The molecule has 1 N–H and O–H groups in total. The van der Waals surface area contributed by atoms with Gasteiger partial charge in [-0.3, -0.25) is 4.79 Å². The molecule has 0 aliphatic carbocycles. The normalized spacial score (nSPS) is 33.8. The molecule has 110 valence electrons. The van der Waals surface area contributed by atoms with Crippen molar-refractivity contribution in [3.05, 3.63) is 34.3 Å². The van der Waals surface area contributed by atoms with Gasteiger partial charge in [-0.1, -0.05) is 28.1 Å². The summed E-state index contributed by atoms with van der Waals surface area (Å²) in [6, 6.07) is 8.78. The smallest absolute Gasteiger partial charge is 0.240 e. The number of piperidine rings is 3. The third-order valence-electron chi connectivity index (χ3n) is 5.14. The number of hydrogen-bond donors (Lipinski definition) is 1. The fourth-order valence-corrected chi connectivity index (χ4v) is 4.44. The van der Waals surface area contributed by atoms with E-state index in [4.69, 9.17) is 5.10 Å². The molecule has 0 spiro atoms. The number of rotatable bonds is 1. The summed E-state index contributed by atoms with van der Waals surface area (Å²) >= 11 is 3.49. The number of halogens is 1. The maximum atomic E-state index is 12.1. The number of hydrogen-bond acceptors (Lipinski definition) is 2. The molecule has 5 heteroatoms. The quantitative estimate of drug-likeness (QED) is 0.817. The van der Waals surface area contributed by atoms with Crippen molar-refractivity contribution in [1.29, 1.82) is 0 Å². The number of amides is 1. The molecular formula is C16H19BrN3O+. The van der Waals surface area contributed by atoms with E-state index < -0.39 is 0 Å². The summed E-state index contributed by atoms with van der Waals surface area (Å²) in [6.45, 7) is 4.06. The summed E-state index contributed by atoms with van der Waals surface area (Å²) in [5.74, 6) is 0.639. The molecule has 4 aliphatic heterocycles. The first-order chi connectivity index (χ1) is 10.1. The Balaban J connectivity index is 1.77. The van der Waals surface area contributed by atoms with Gasteiger partial charge in [0.15, 0.2) is 6.04 Å². The lowest BCUT2D eigenvalue weighted by Gasteiger charge is -2.42. The van der Waals surface area contributed by atoms with Crippen LogP contribution in [0, 0.1) is 5.92 Å². The number of quaternary nitrogens is 1. The highest BCUT2D eigenvalue weighted by molar-refractivity contribution is 9.10. The lowest BCUT2D eigenvalue weighted by molar-refractivity contribution is -0.927. The fourth-order valence-electron chi connectivity index (χ4n) is 4.17. The van der Waals surface area contributed by atoms with Gasteiger partial charge in [-0.2, -0.15) is 5.10 Å². The zero-order chi connectivity index (χ0) is 14.6. The SMILES string of the molecule is CC(=O)N1N=C2C3CC[NH+](CC3)[C@@H]2[C@@H]1c1ccc(Br)cc1. The van der Waals surface area contributed by atoms with Crippen molar-refractivity contribution in [2.75, 3.05) is 13.1 Å². The maximum absolute atomic E-state index is 12.1. The van der Waals surface area contributed by atoms with Gasteiger partial charge in [0, 0.05) is 30.2 Å². The second-order valence-electron chi connectivity index (χ2n) is 6.30. The Morgan fingerprint density at radius 2 is 1.95 bits per heavy atom. The molecular weight excluding hydrogens is 330 g/mol. The van der Waals surface area contributed by atoms with E-state index in [1.807, 2.05) is 0 Å². The van der Waals surface area contributed by atoms with Crippen LogP contribution in [-0.4, -0.2) is 35.8 Å². The topological polar surface area (TPSA) is 37.1 Å². The van der Waals surface area contributed by atoms with Gasteiger partial charge >= 0.3 is 0 Å². The molecule has 2 atom stereocenters. The first kappa shape index (κ1) is 13.5. The van der Waals surface area contributed by atoms with E-state index >= 15 is 0 Å². The number of nitrogens with one attached hydrogen (secondary N) is 1. The summed E-state index contributed by atoms with van der Waals surface area (Å²) in [5.41, 5.74) is 2.46. The average Bonchev–Trinajstić information content (AvgIpc) is 2.92. The van der Waals surface area contributed by atoms with Gasteiger partial charge in [0.1, 0.15) is 11.8 Å². The van der Waals surface area contributed by atoms with Crippen molar-refractivity contribution in [1.82, 2.24) is 5.01 Å². The first-order valence-electron chi connectivity index (χ1n) is 7.63. The molecule has 4 heterocycles. The summed E-state index contributed by atoms with van der Waals surface area (Å²) in [7, 11) is 0. The maximum Gasteiger partial charge on any atom is 0.240 e. The Morgan fingerprint density at radius 3 is 2.57 bits per heavy atom. The molecule has 21 heavy (non-hydrogen) atoms. The van der Waals surface area contributed by atoms with Crippen LogP contribution in [0.4, 0.5) is 0 Å². The van der Waals surface area contributed by atoms with Gasteiger partial charge < -0.3 is 4.90 Å². The highest BCUT2D eigenvalue weighted by Gasteiger charge is 2.53. The molecule has 2 bridgehead atoms. The summed E-state index contributed by atoms with van der Waals surface area (Å²) in [5, 5.41) is 6.47. The van der Waals surface area contributed by atoms with Crippen molar-refractivity contribution in [2.45, 2.75) is 31.8 Å². The highest BCUT2D eigenvalue weighted by atomic mass is 79.9. The van der Waals surface area contributed by atoms with Crippen LogP contribution in [0.1, 0.15) is 31.4 Å². The zero-order valence-corrected chi connectivity index (χ0v) is 13.6. The minimum Gasteiger partial charge on any atom is -0.326 e. The van der Waals surface area contributed by atoms with Crippen molar-refractivity contribution in [3.8, 4) is 0 Å². The van der Waals surface area contributed by atoms with Crippen LogP contribution in [0.5, 0.6) is 0 Å². The van der Waals surface area contributed by atoms with Gasteiger partial charge in [0.2, 0.25) is 5.91 Å². The Hall–Kier alpha value is -1.20. The van der Waals surface area contributed by atoms with E-state index in [1.165, 1.54) is 37.2 Å². The number of carbonyl (C=O) groups excluding carboxylic acids is 1. The van der Waals surface area contributed by atoms with Crippen molar-refractivity contribution in [3.63, 3.8) is 0 Å². The largest absolute Gasteiger partial charge is 0.326 e. The third-order valence-corrected chi connectivity index (χ3v) is 5.67. The van der Waals surface area contributed by atoms with Gasteiger partial charge in [0.05, 0.1) is 13.1 Å². The van der Waals surface area contributed by atoms with Crippen LogP contribution >= 0.6 is 15.9 Å². The minimum absolute atomic E-state index is 0.0461.